The van der Waals surface area contributed by atoms with E-state index >= 15 is 0 Å². The highest BCUT2D eigenvalue weighted by atomic mass is 19.1. The van der Waals surface area contributed by atoms with Crippen LogP contribution in [-0.2, 0) is 9.59 Å². The molecule has 2 aromatic carbocycles. The van der Waals surface area contributed by atoms with E-state index in [-0.39, 0.29) is 5.43 Å². The number of aliphatic carboxylic acids is 2. The summed E-state index contributed by atoms with van der Waals surface area (Å²) in [6.07, 6.45) is 3.55. The van der Waals surface area contributed by atoms with Crippen LogP contribution in [0.4, 0.5) is 10.2 Å². The Hall–Kier alpha value is -5.13. The van der Waals surface area contributed by atoms with Crippen molar-refractivity contribution < 1.29 is 28.6 Å². The van der Waals surface area contributed by atoms with Gasteiger partial charge in [0.15, 0.2) is 11.5 Å². The Morgan fingerprint density at radius 1 is 1.08 bits per heavy atom. The Morgan fingerprint density at radius 3 is 2.54 bits per heavy atom. The van der Waals surface area contributed by atoms with E-state index in [1.54, 1.807) is 36.7 Å². The summed E-state index contributed by atoms with van der Waals surface area (Å²) in [7, 11) is 0. The molecule has 0 aliphatic carbocycles. The van der Waals surface area contributed by atoms with Gasteiger partial charge in [-0.25, -0.2) is 28.9 Å². The highest BCUT2D eigenvalue weighted by Gasteiger charge is 2.24. The number of H-pyrrole nitrogens is 1. The number of fused-ring (bicyclic) bond motifs is 2. The molecule has 4 N–H and O–H groups in total. The first-order chi connectivity index (χ1) is 17.8. The maximum Gasteiger partial charge on any atom is 0.414 e. The molecule has 0 spiro atoms. The molecule has 5 rings (SSSR count). The Kier molecular flexibility index (Phi) is 7.19. The number of nitrogens with zero attached hydrogens (tertiary/aromatic N) is 3. The summed E-state index contributed by atoms with van der Waals surface area (Å²) in [6.45, 7) is 1.97. The second-order valence-electron chi connectivity index (χ2n) is 7.72. The van der Waals surface area contributed by atoms with Crippen LogP contribution in [0.15, 0.2) is 70.4 Å². The molecule has 0 unspecified atom stereocenters. The average molecular weight is 505 g/mol. The summed E-state index contributed by atoms with van der Waals surface area (Å²) < 4.78 is 20.3. The number of imidazole rings is 1. The van der Waals surface area contributed by atoms with E-state index < -0.39 is 23.8 Å². The number of carboxylic acid groups (broad SMARTS) is 2. The zero-order chi connectivity index (χ0) is 26.5. The highest BCUT2D eigenvalue weighted by molar-refractivity contribution is 6.27. The van der Waals surface area contributed by atoms with Crippen molar-refractivity contribution in [2.45, 2.75) is 19.4 Å². The number of carbonyl (C=O) groups is 2. The van der Waals surface area contributed by atoms with Crippen molar-refractivity contribution in [3.8, 4) is 11.1 Å². The van der Waals surface area contributed by atoms with Crippen LogP contribution < -0.4 is 10.7 Å². The van der Waals surface area contributed by atoms with E-state index in [4.69, 9.17) is 24.2 Å². The molecule has 188 valence electrons. The third-order valence-electron chi connectivity index (χ3n) is 5.38. The first kappa shape index (κ1) is 25.0. The van der Waals surface area contributed by atoms with Gasteiger partial charge in [0.25, 0.3) is 0 Å². The number of aromatic nitrogens is 4. The normalized spacial score (nSPS) is 11.5. The second-order valence-corrected chi connectivity index (χ2v) is 7.72. The number of benzene rings is 2. The standard InChI is InChI=1S/C23H18FN5O2.C2H2O4/c1-2-16(29-23-19-22(26-11-25-19)27-12-28-23)21-18(13-6-5-7-14(24)10-13)20(30)15-8-3-4-9-17(15)31-21;3-1(4)2(5)6/h3-12,16H,2H2,1H3,(H2,25,26,27,28,29);(H,3,4)(H,5,6)/t16-;/m0./s1. The van der Waals surface area contributed by atoms with Gasteiger partial charge in [0, 0.05) is 0 Å². The van der Waals surface area contributed by atoms with Gasteiger partial charge < -0.3 is 24.9 Å². The fourth-order valence-corrected chi connectivity index (χ4v) is 3.71. The van der Waals surface area contributed by atoms with E-state index in [9.17, 15) is 9.18 Å². The fraction of sp³-hybridized carbons (Fsp3) is 0.120. The molecule has 11 nitrogen and oxygen atoms in total. The van der Waals surface area contributed by atoms with Crippen molar-refractivity contribution in [2.75, 3.05) is 5.32 Å². The molecule has 0 bridgehead atoms. The van der Waals surface area contributed by atoms with Crippen LogP contribution in [-0.4, -0.2) is 42.1 Å². The lowest BCUT2D eigenvalue weighted by Crippen LogP contribution is -2.17. The van der Waals surface area contributed by atoms with Crippen molar-refractivity contribution in [1.29, 1.82) is 0 Å². The van der Waals surface area contributed by atoms with Crippen molar-refractivity contribution in [2.24, 2.45) is 0 Å². The Morgan fingerprint density at radius 2 is 1.84 bits per heavy atom. The monoisotopic (exact) mass is 505 g/mol. The van der Waals surface area contributed by atoms with Gasteiger partial charge in [0.2, 0.25) is 5.43 Å². The van der Waals surface area contributed by atoms with Gasteiger partial charge in [-0.2, -0.15) is 0 Å². The number of halogens is 1. The molecule has 0 fully saturated rings. The van der Waals surface area contributed by atoms with Gasteiger partial charge in [-0.15, -0.1) is 0 Å². The molecule has 0 saturated heterocycles. The van der Waals surface area contributed by atoms with Crippen LogP contribution in [0.25, 0.3) is 33.3 Å². The number of para-hydroxylation sites is 1. The van der Waals surface area contributed by atoms with Crippen molar-refractivity contribution in [3.05, 3.63) is 83.0 Å². The second kappa shape index (κ2) is 10.6. The zero-order valence-electron chi connectivity index (χ0n) is 19.3. The lowest BCUT2D eigenvalue weighted by Gasteiger charge is -2.20. The van der Waals surface area contributed by atoms with Crippen molar-refractivity contribution >= 4 is 39.9 Å². The summed E-state index contributed by atoms with van der Waals surface area (Å²) in [5.74, 6) is -3.12. The third kappa shape index (κ3) is 5.27. The number of rotatable bonds is 5. The molecule has 3 aromatic heterocycles. The van der Waals surface area contributed by atoms with Crippen LogP contribution in [0.1, 0.15) is 25.1 Å². The van der Waals surface area contributed by atoms with E-state index in [0.29, 0.717) is 51.3 Å². The minimum atomic E-state index is -1.82. The first-order valence-electron chi connectivity index (χ1n) is 11.0. The summed E-state index contributed by atoms with van der Waals surface area (Å²) in [6, 6.07) is 12.6. The van der Waals surface area contributed by atoms with Crippen LogP contribution in [0.2, 0.25) is 0 Å². The molecule has 0 aliphatic rings. The average Bonchev–Trinajstić information content (AvgIpc) is 3.37. The number of nitrogens with one attached hydrogen (secondary N) is 2. The summed E-state index contributed by atoms with van der Waals surface area (Å²) in [5, 5.41) is 18.6. The largest absolute Gasteiger partial charge is 0.473 e. The maximum atomic E-state index is 14.0. The summed E-state index contributed by atoms with van der Waals surface area (Å²) >= 11 is 0. The number of hydrogen-bond acceptors (Lipinski definition) is 8. The number of hydrogen-bond donors (Lipinski definition) is 4. The van der Waals surface area contributed by atoms with Crippen molar-refractivity contribution in [1.82, 2.24) is 19.9 Å². The fourth-order valence-electron chi connectivity index (χ4n) is 3.71. The first-order valence-corrected chi connectivity index (χ1v) is 11.0. The van der Waals surface area contributed by atoms with Crippen LogP contribution >= 0.6 is 0 Å². The molecule has 37 heavy (non-hydrogen) atoms. The molecule has 0 amide bonds. The number of aromatic amines is 1. The molecule has 5 aromatic rings. The quantitative estimate of drug-likeness (QED) is 0.256. The number of carboxylic acids is 2. The van der Waals surface area contributed by atoms with Gasteiger partial charge in [-0.3, -0.25) is 4.79 Å². The molecule has 0 radical (unpaired) electrons. The van der Waals surface area contributed by atoms with Crippen molar-refractivity contribution in [3.63, 3.8) is 0 Å². The Bertz CT molecular complexity index is 1650. The van der Waals surface area contributed by atoms with Gasteiger partial charge in [0.1, 0.15) is 29.0 Å². The van der Waals surface area contributed by atoms with E-state index in [1.807, 2.05) is 13.0 Å². The topological polar surface area (TPSA) is 171 Å². The molecule has 0 aliphatic heterocycles. The maximum absolute atomic E-state index is 14.0. The molecule has 0 saturated carbocycles. The number of anilines is 1. The predicted molar refractivity (Wildman–Crippen MR) is 131 cm³/mol. The van der Waals surface area contributed by atoms with Crippen LogP contribution in [0.5, 0.6) is 0 Å². The molecule has 12 heteroatoms. The lowest BCUT2D eigenvalue weighted by molar-refractivity contribution is -0.159. The summed E-state index contributed by atoms with van der Waals surface area (Å²) in [4.78, 5) is 47.3. The lowest BCUT2D eigenvalue weighted by atomic mass is 9.97. The molecule has 3 heterocycles. The zero-order valence-corrected chi connectivity index (χ0v) is 19.3. The van der Waals surface area contributed by atoms with E-state index in [1.165, 1.54) is 18.5 Å². The SMILES string of the molecule is CC[C@H](Nc1ncnc2nc[nH]c12)c1oc2ccccc2c(=O)c1-c1cccc(F)c1.O=C(O)C(=O)O. The smallest absolute Gasteiger partial charge is 0.414 e. The van der Waals surface area contributed by atoms with E-state index in [0.717, 1.165) is 0 Å². The minimum Gasteiger partial charge on any atom is -0.473 e. The van der Waals surface area contributed by atoms with Gasteiger partial charge in [0.05, 0.1) is 23.3 Å². The van der Waals surface area contributed by atoms with Gasteiger partial charge >= 0.3 is 11.9 Å². The predicted octanol–water partition coefficient (Wildman–Crippen LogP) is 3.98. The van der Waals surface area contributed by atoms with E-state index in [2.05, 4.69) is 25.3 Å². The molecule has 1 atom stereocenters. The Balaban J connectivity index is 0.000000480. The third-order valence-corrected chi connectivity index (χ3v) is 5.38. The van der Waals surface area contributed by atoms with Crippen LogP contribution in [0, 0.1) is 5.82 Å². The van der Waals surface area contributed by atoms with Gasteiger partial charge in [-0.1, -0.05) is 31.2 Å². The highest BCUT2D eigenvalue weighted by Crippen LogP contribution is 2.33. The Labute approximate surface area is 207 Å². The van der Waals surface area contributed by atoms with Gasteiger partial charge in [-0.05, 0) is 36.2 Å². The van der Waals surface area contributed by atoms with Crippen LogP contribution in [0.3, 0.4) is 0 Å². The molecular weight excluding hydrogens is 485 g/mol. The minimum absolute atomic E-state index is 0.211. The molecular formula is C25H20FN5O6. The summed E-state index contributed by atoms with van der Waals surface area (Å²) in [5.41, 5.74) is 2.22.